The van der Waals surface area contributed by atoms with Crippen LogP contribution in [0.5, 0.6) is 0 Å². The summed E-state index contributed by atoms with van der Waals surface area (Å²) in [6, 6.07) is 1.29. The van der Waals surface area contributed by atoms with E-state index in [1.54, 1.807) is 0 Å². The molecule has 2 heterocycles. The maximum Gasteiger partial charge on any atom is 0.153 e. The van der Waals surface area contributed by atoms with Gasteiger partial charge >= 0.3 is 0 Å². The fourth-order valence-corrected chi connectivity index (χ4v) is 1.06. The van der Waals surface area contributed by atoms with E-state index in [4.69, 9.17) is 0 Å². The number of pyridine rings is 1. The van der Waals surface area contributed by atoms with E-state index in [0.29, 0.717) is 17.5 Å². The summed E-state index contributed by atoms with van der Waals surface area (Å²) >= 11 is 0. The predicted octanol–water partition coefficient (Wildman–Crippen LogP) is 1.22. The lowest BCUT2D eigenvalue weighted by molar-refractivity contribution is 0.112. The summed E-state index contributed by atoms with van der Waals surface area (Å²) in [5.41, 5.74) is 0.923. The molecule has 2 aromatic rings. The Bertz CT molecular complexity index is 467. The van der Waals surface area contributed by atoms with Gasteiger partial charge in [0.2, 0.25) is 0 Å². The van der Waals surface area contributed by atoms with Crippen LogP contribution in [0.15, 0.2) is 30.9 Å². The van der Waals surface area contributed by atoms with Gasteiger partial charge in [-0.1, -0.05) is 0 Å². The Labute approximate surface area is 79.0 Å². The van der Waals surface area contributed by atoms with Crippen molar-refractivity contribution in [1.82, 2.24) is 14.8 Å². The van der Waals surface area contributed by atoms with Crippen molar-refractivity contribution in [3.63, 3.8) is 0 Å². The number of hydrogen-bond donors (Lipinski definition) is 0. The van der Waals surface area contributed by atoms with Crippen LogP contribution in [0.4, 0.5) is 4.39 Å². The minimum absolute atomic E-state index is 0.439. The summed E-state index contributed by atoms with van der Waals surface area (Å²) in [6.45, 7) is 0. The van der Waals surface area contributed by atoms with Gasteiger partial charge in [0.25, 0.3) is 0 Å². The Hall–Kier alpha value is -2.04. The highest BCUT2D eigenvalue weighted by Gasteiger charge is 2.01. The molecule has 0 fully saturated rings. The lowest BCUT2D eigenvalue weighted by Gasteiger charge is -1.98. The zero-order valence-corrected chi connectivity index (χ0v) is 7.09. The summed E-state index contributed by atoms with van der Waals surface area (Å²) in [4.78, 5) is 14.0. The first kappa shape index (κ1) is 8.55. The topological polar surface area (TPSA) is 47.8 Å². The van der Waals surface area contributed by atoms with E-state index < -0.39 is 5.82 Å². The highest BCUT2D eigenvalue weighted by molar-refractivity contribution is 5.73. The highest BCUT2D eigenvalue weighted by Crippen LogP contribution is 2.07. The highest BCUT2D eigenvalue weighted by atomic mass is 19.1. The third-order valence-corrected chi connectivity index (χ3v) is 1.69. The van der Waals surface area contributed by atoms with E-state index in [-0.39, 0.29) is 0 Å². The second-order valence-electron chi connectivity index (χ2n) is 2.70. The monoisotopic (exact) mass is 191 g/mol. The van der Waals surface area contributed by atoms with Gasteiger partial charge < -0.3 is 0 Å². The van der Waals surface area contributed by atoms with Crippen LogP contribution in [0.2, 0.25) is 0 Å². The van der Waals surface area contributed by atoms with Crippen LogP contribution in [0.1, 0.15) is 10.4 Å². The molecule has 0 aromatic carbocycles. The average molecular weight is 191 g/mol. The van der Waals surface area contributed by atoms with Crippen LogP contribution >= 0.6 is 0 Å². The zero-order valence-electron chi connectivity index (χ0n) is 7.09. The van der Waals surface area contributed by atoms with Gasteiger partial charge in [0.15, 0.2) is 6.29 Å². The van der Waals surface area contributed by atoms with E-state index >= 15 is 0 Å². The largest absolute Gasteiger partial charge is 0.298 e. The molecule has 0 bridgehead atoms. The molecule has 2 aromatic heterocycles. The summed E-state index contributed by atoms with van der Waals surface area (Å²) < 4.78 is 14.2. The van der Waals surface area contributed by atoms with E-state index in [9.17, 15) is 9.18 Å². The Morgan fingerprint density at radius 2 is 2.21 bits per heavy atom. The summed E-state index contributed by atoms with van der Waals surface area (Å²) in [5.74, 6) is -0.439. The predicted molar refractivity (Wildman–Crippen MR) is 46.7 cm³/mol. The van der Waals surface area contributed by atoms with Gasteiger partial charge in [0.05, 0.1) is 29.8 Å². The van der Waals surface area contributed by atoms with Crippen LogP contribution in [0.25, 0.3) is 5.69 Å². The Kier molecular flexibility index (Phi) is 2.06. The summed E-state index contributed by atoms with van der Waals surface area (Å²) in [6.07, 6.45) is 6.15. The fourth-order valence-electron chi connectivity index (χ4n) is 1.06. The zero-order chi connectivity index (χ0) is 9.97. The number of aldehydes is 1. The maximum absolute atomic E-state index is 12.8. The normalized spacial score (nSPS) is 10.1. The first-order chi connectivity index (χ1) is 6.79. The Morgan fingerprint density at radius 1 is 1.36 bits per heavy atom. The van der Waals surface area contributed by atoms with E-state index in [1.807, 2.05) is 0 Å². The second-order valence-corrected chi connectivity index (χ2v) is 2.70. The van der Waals surface area contributed by atoms with Crippen molar-refractivity contribution in [3.05, 3.63) is 42.2 Å². The summed E-state index contributed by atoms with van der Waals surface area (Å²) in [5, 5.41) is 3.88. The van der Waals surface area contributed by atoms with Crippen LogP contribution in [-0.4, -0.2) is 21.1 Å². The number of carbonyl (C=O) groups is 1. The van der Waals surface area contributed by atoms with Gasteiger partial charge in [0.1, 0.15) is 5.82 Å². The molecule has 0 aliphatic rings. The molecule has 0 spiro atoms. The van der Waals surface area contributed by atoms with Gasteiger partial charge in [-0.25, -0.2) is 9.07 Å². The van der Waals surface area contributed by atoms with E-state index in [1.165, 1.54) is 29.3 Å². The van der Waals surface area contributed by atoms with Gasteiger partial charge in [-0.3, -0.25) is 9.78 Å². The smallest absolute Gasteiger partial charge is 0.153 e. The van der Waals surface area contributed by atoms with Crippen LogP contribution < -0.4 is 0 Å². The molecule has 70 valence electrons. The van der Waals surface area contributed by atoms with Crippen LogP contribution in [0.3, 0.4) is 0 Å². The number of carbonyl (C=O) groups excluding carboxylic acids is 1. The first-order valence-electron chi connectivity index (χ1n) is 3.90. The number of nitrogens with zero attached hydrogens (tertiary/aromatic N) is 3. The molecule has 0 aliphatic heterocycles. The van der Waals surface area contributed by atoms with Crippen molar-refractivity contribution in [3.8, 4) is 5.69 Å². The molecule has 0 unspecified atom stereocenters. The van der Waals surface area contributed by atoms with Crippen LogP contribution in [-0.2, 0) is 0 Å². The molecule has 0 N–H and O–H groups in total. The van der Waals surface area contributed by atoms with Crippen molar-refractivity contribution >= 4 is 6.29 Å². The molecular formula is C9H6FN3O. The van der Waals surface area contributed by atoms with Crippen molar-refractivity contribution in [2.75, 3.05) is 0 Å². The molecule has 4 nitrogen and oxygen atoms in total. The minimum atomic E-state index is -0.439. The molecule has 0 aliphatic carbocycles. The second kappa shape index (κ2) is 3.37. The third kappa shape index (κ3) is 1.52. The van der Waals surface area contributed by atoms with Gasteiger partial charge in [-0.15, -0.1) is 0 Å². The summed E-state index contributed by atoms with van der Waals surface area (Å²) in [7, 11) is 0. The molecular weight excluding hydrogens is 185 g/mol. The average Bonchev–Trinajstić information content (AvgIpc) is 2.66. The van der Waals surface area contributed by atoms with Crippen molar-refractivity contribution < 1.29 is 9.18 Å². The molecule has 14 heavy (non-hydrogen) atoms. The molecule has 0 atom stereocenters. The van der Waals surface area contributed by atoms with E-state index in [0.717, 1.165) is 6.20 Å². The SMILES string of the molecule is O=Cc1cnn(-c2cncc(F)c2)c1. The molecule has 0 saturated carbocycles. The maximum atomic E-state index is 12.8. The molecule has 2 rings (SSSR count). The quantitative estimate of drug-likeness (QED) is 0.670. The lowest BCUT2D eigenvalue weighted by Crippen LogP contribution is -1.95. The number of rotatable bonds is 2. The standard InChI is InChI=1S/C9H6FN3O/c10-8-1-9(4-11-3-8)13-5-7(6-14)2-12-13/h1-6H. The van der Waals surface area contributed by atoms with Gasteiger partial charge in [0, 0.05) is 12.3 Å². The van der Waals surface area contributed by atoms with Gasteiger partial charge in [-0.2, -0.15) is 5.10 Å². The fraction of sp³-hybridized carbons (Fsp3) is 0. The molecule has 0 saturated heterocycles. The molecule has 0 radical (unpaired) electrons. The first-order valence-corrected chi connectivity index (χ1v) is 3.90. The van der Waals surface area contributed by atoms with Crippen molar-refractivity contribution in [2.45, 2.75) is 0 Å². The number of aromatic nitrogens is 3. The van der Waals surface area contributed by atoms with E-state index in [2.05, 4.69) is 10.1 Å². The van der Waals surface area contributed by atoms with Crippen LogP contribution in [0, 0.1) is 5.82 Å². The number of hydrogen-bond acceptors (Lipinski definition) is 3. The number of halogens is 1. The third-order valence-electron chi connectivity index (χ3n) is 1.69. The van der Waals surface area contributed by atoms with Crippen molar-refractivity contribution in [2.24, 2.45) is 0 Å². The minimum Gasteiger partial charge on any atom is -0.298 e. The van der Waals surface area contributed by atoms with Gasteiger partial charge in [-0.05, 0) is 0 Å². The molecule has 5 heteroatoms. The Balaban J connectivity index is 2.43. The van der Waals surface area contributed by atoms with Crippen molar-refractivity contribution in [1.29, 1.82) is 0 Å². The Morgan fingerprint density at radius 3 is 2.86 bits per heavy atom. The molecule has 0 amide bonds. The lowest BCUT2D eigenvalue weighted by atomic mass is 10.4.